The van der Waals surface area contributed by atoms with Gasteiger partial charge in [0.2, 0.25) is 5.75 Å². The van der Waals surface area contributed by atoms with Crippen LogP contribution in [0.1, 0.15) is 128 Å². The van der Waals surface area contributed by atoms with Gasteiger partial charge in [0.05, 0.1) is 38.1 Å². The molecule has 1 aromatic heterocycles. The highest BCUT2D eigenvalue weighted by atomic mass is 16.5. The Balaban J connectivity index is 1.12. The number of aromatic nitrogens is 1. The third kappa shape index (κ3) is 10.6. The number of hydrogen-bond donors (Lipinski definition) is 7. The zero-order valence-corrected chi connectivity index (χ0v) is 35.9. The highest BCUT2D eigenvalue weighted by Crippen LogP contribution is 2.53. The van der Waals surface area contributed by atoms with Crippen molar-refractivity contribution in [3.63, 3.8) is 0 Å². The van der Waals surface area contributed by atoms with Gasteiger partial charge in [0.25, 0.3) is 0 Å². The third-order valence-electron chi connectivity index (χ3n) is 14.0. The van der Waals surface area contributed by atoms with Crippen LogP contribution in [0.3, 0.4) is 0 Å². The number of ether oxygens (including phenoxy) is 3. The first-order valence-corrected chi connectivity index (χ1v) is 22.7. The summed E-state index contributed by atoms with van der Waals surface area (Å²) in [7, 11) is 1.43. The van der Waals surface area contributed by atoms with E-state index in [9.17, 15) is 30.6 Å². The molecule has 0 spiro atoms. The van der Waals surface area contributed by atoms with E-state index >= 15 is 0 Å². The summed E-state index contributed by atoms with van der Waals surface area (Å²) in [5.41, 5.74) is 5.35. The quantitative estimate of drug-likeness (QED) is 0.0367. The van der Waals surface area contributed by atoms with E-state index in [1.807, 2.05) is 43.3 Å². The van der Waals surface area contributed by atoms with Gasteiger partial charge in [-0.25, -0.2) is 0 Å². The highest BCUT2D eigenvalue weighted by Gasteiger charge is 2.45. The summed E-state index contributed by atoms with van der Waals surface area (Å²) >= 11 is 0. The highest BCUT2D eigenvalue weighted by molar-refractivity contribution is 5.64. The van der Waals surface area contributed by atoms with Crippen LogP contribution in [0.15, 0.2) is 67.0 Å². The average molecular weight is 840 g/mol. The van der Waals surface area contributed by atoms with Crippen molar-refractivity contribution in [2.24, 2.45) is 17.8 Å². The molecule has 3 aliphatic rings. The molecule has 2 saturated carbocycles. The lowest BCUT2D eigenvalue weighted by Gasteiger charge is -2.46. The summed E-state index contributed by atoms with van der Waals surface area (Å²) in [5.74, 6) is -0.0296. The number of aryl methyl sites for hydroxylation is 1. The fraction of sp³-hybridized carbons (Fsp3) is 0.560. The van der Waals surface area contributed by atoms with Crippen molar-refractivity contribution in [2.75, 3.05) is 33.4 Å². The van der Waals surface area contributed by atoms with Crippen LogP contribution < -0.4 is 15.0 Å². The van der Waals surface area contributed by atoms with Crippen molar-refractivity contribution < 1.29 is 44.8 Å². The lowest BCUT2D eigenvalue weighted by atomic mass is 9.66. The van der Waals surface area contributed by atoms with E-state index in [2.05, 4.69) is 28.5 Å². The first kappa shape index (κ1) is 44.9. The normalized spacial score (nSPS) is 25.9. The van der Waals surface area contributed by atoms with Gasteiger partial charge in [-0.05, 0) is 143 Å². The molecule has 61 heavy (non-hydrogen) atoms. The van der Waals surface area contributed by atoms with Crippen molar-refractivity contribution in [1.82, 2.24) is 10.3 Å². The minimum atomic E-state index is -0.682. The second-order valence-electron chi connectivity index (χ2n) is 17.7. The van der Waals surface area contributed by atoms with Crippen LogP contribution in [0.2, 0.25) is 0 Å². The molecule has 9 unspecified atom stereocenters. The van der Waals surface area contributed by atoms with E-state index in [-0.39, 0.29) is 53.3 Å². The van der Waals surface area contributed by atoms with E-state index in [4.69, 9.17) is 14.2 Å². The van der Waals surface area contributed by atoms with Crippen molar-refractivity contribution in [3.05, 3.63) is 106 Å². The fourth-order valence-corrected chi connectivity index (χ4v) is 10.8. The molecule has 2 heterocycles. The Morgan fingerprint density at radius 1 is 0.918 bits per heavy atom. The first-order valence-electron chi connectivity index (χ1n) is 22.7. The van der Waals surface area contributed by atoms with Gasteiger partial charge in [-0.15, -0.1) is 0 Å². The Kier molecular flexibility index (Phi) is 15.7. The Hall–Kier alpha value is -4.10. The van der Waals surface area contributed by atoms with Crippen molar-refractivity contribution in [3.8, 4) is 23.0 Å². The molecule has 0 bridgehead atoms. The number of aliphatic hydroxyl groups is 3. The molecule has 9 atom stereocenters. The van der Waals surface area contributed by atoms with Gasteiger partial charge in [-0.3, -0.25) is 0 Å². The molecule has 11 nitrogen and oxygen atoms in total. The lowest BCUT2D eigenvalue weighted by molar-refractivity contribution is -0.154. The molecule has 1 saturated heterocycles. The Bertz CT molecular complexity index is 1970. The standard InChI is InChI=1S/C50H67N2O9/c1-3-60-23-7-20-51-21-18-32-10-14-36(42(54)16-11-31-8-5-4-6-9-31)38(24-32)39-26-34(13-17-43(39)55)35-12-15-37-44(56)28-46(61-45(37)27-35)47-40(25-33-19-22-52-29-33)50(59-2)49(58)48(57)41(47)30-53/h4-6,8-9,13,17,19,22,26,29,32,35-38,42,44-46,51,53-58H,3,7,10-12,14-16,18,20-21,23-25,27-28,30H2,1-2H3/q-1. The molecule has 4 aromatic rings. The summed E-state index contributed by atoms with van der Waals surface area (Å²) in [6.07, 6.45) is 10.4. The number of hydrogen-bond acceptors (Lipinski definition) is 10. The van der Waals surface area contributed by atoms with Gasteiger partial charge in [-0.1, -0.05) is 54.1 Å². The number of benzene rings is 3. The van der Waals surface area contributed by atoms with Crippen LogP contribution in [-0.2, 0) is 28.9 Å². The molecule has 7 N–H and O–H groups in total. The average Bonchev–Trinajstić information content (AvgIpc) is 3.80. The number of fused-ring (bicyclic) bond motifs is 1. The molecule has 332 valence electrons. The van der Waals surface area contributed by atoms with E-state index in [0.29, 0.717) is 36.3 Å². The number of phenolic OH excluding ortho intramolecular Hbond substituents is 2. The van der Waals surface area contributed by atoms with Gasteiger partial charge in [0.1, 0.15) is 5.75 Å². The number of aliphatic hydroxyl groups excluding tert-OH is 3. The van der Waals surface area contributed by atoms with Crippen LogP contribution in [0.5, 0.6) is 23.0 Å². The number of methoxy groups -OCH3 is 1. The van der Waals surface area contributed by atoms with Gasteiger partial charge >= 0.3 is 0 Å². The minimum Gasteiger partial charge on any atom is -0.670 e. The van der Waals surface area contributed by atoms with E-state index in [1.54, 1.807) is 12.4 Å². The number of nitrogens with one attached hydrogen (secondary N) is 1. The maximum Gasteiger partial charge on any atom is 0.201 e. The van der Waals surface area contributed by atoms with E-state index < -0.39 is 36.4 Å². The van der Waals surface area contributed by atoms with Crippen LogP contribution in [-0.4, -0.2) is 82.4 Å². The second-order valence-corrected chi connectivity index (χ2v) is 17.7. The van der Waals surface area contributed by atoms with Crippen LogP contribution in [0.4, 0.5) is 0 Å². The maximum atomic E-state index is 11.8. The first-order chi connectivity index (χ1) is 29.7. The molecule has 2 aliphatic carbocycles. The second kappa shape index (κ2) is 21.3. The van der Waals surface area contributed by atoms with E-state index in [0.717, 1.165) is 94.4 Å². The molecular formula is C50H67N2O9-. The fourth-order valence-electron chi connectivity index (χ4n) is 10.8. The topological polar surface area (TPSA) is 175 Å². The number of aromatic hydroxyl groups is 3. The van der Waals surface area contributed by atoms with Gasteiger partial charge in [-0.2, -0.15) is 12.4 Å². The van der Waals surface area contributed by atoms with E-state index in [1.165, 1.54) is 12.7 Å². The minimum absolute atomic E-state index is 0.000931. The molecule has 0 radical (unpaired) electrons. The van der Waals surface area contributed by atoms with Crippen LogP contribution in [0.25, 0.3) is 0 Å². The molecule has 3 fully saturated rings. The largest absolute Gasteiger partial charge is 0.670 e. The summed E-state index contributed by atoms with van der Waals surface area (Å²) < 4.78 is 18.1. The maximum absolute atomic E-state index is 11.8. The van der Waals surface area contributed by atoms with Crippen LogP contribution in [0, 0.1) is 17.8 Å². The Morgan fingerprint density at radius 2 is 1.75 bits per heavy atom. The SMILES string of the molecule is CCOCCCNCCC1CCC(C(O)CCc2ccccc2)C(c2cc(C3CCC4C(O)CC(c5c(CO)c(O)c(O)c(OC)c5Cc5cc[n-]c5)OC4C3)ccc2O)C1. The molecule has 1 aliphatic heterocycles. The molecule has 7 rings (SSSR count). The van der Waals surface area contributed by atoms with Crippen molar-refractivity contribution in [1.29, 1.82) is 0 Å². The lowest BCUT2D eigenvalue weighted by Crippen LogP contribution is -2.44. The van der Waals surface area contributed by atoms with Gasteiger partial charge in [0, 0.05) is 36.7 Å². The van der Waals surface area contributed by atoms with Crippen molar-refractivity contribution >= 4 is 0 Å². The summed E-state index contributed by atoms with van der Waals surface area (Å²) in [4.78, 5) is 4.20. The van der Waals surface area contributed by atoms with Crippen molar-refractivity contribution in [2.45, 2.75) is 127 Å². The Morgan fingerprint density at radius 3 is 2.51 bits per heavy atom. The zero-order chi connectivity index (χ0) is 42.9. The molecular weight excluding hydrogens is 773 g/mol. The summed E-state index contributed by atoms with van der Waals surface area (Å²) in [6, 6.07) is 18.2. The molecule has 3 aromatic carbocycles. The van der Waals surface area contributed by atoms with Gasteiger partial charge < -0.3 is 55.2 Å². The van der Waals surface area contributed by atoms with Gasteiger partial charge in [0.15, 0.2) is 11.5 Å². The number of nitrogens with zero attached hydrogens (tertiary/aromatic N) is 1. The predicted molar refractivity (Wildman–Crippen MR) is 234 cm³/mol. The summed E-state index contributed by atoms with van der Waals surface area (Å²) in [6.45, 7) is 4.83. The zero-order valence-electron chi connectivity index (χ0n) is 35.9. The van der Waals surface area contributed by atoms with Crippen LogP contribution >= 0.6 is 0 Å². The monoisotopic (exact) mass is 839 g/mol. The summed E-state index contributed by atoms with van der Waals surface area (Å²) in [5, 5.41) is 71.4. The molecule has 11 heteroatoms. The number of phenols is 3. The third-order valence-corrected chi connectivity index (χ3v) is 14.0. The predicted octanol–water partition coefficient (Wildman–Crippen LogP) is 7.53. The molecule has 0 amide bonds. The smallest absolute Gasteiger partial charge is 0.201 e. The Labute approximate surface area is 361 Å². The number of rotatable bonds is 19.